The smallest absolute Gasteiger partial charge is 0.151 e. The molecule has 3 nitrogen and oxygen atoms in total. The maximum Gasteiger partial charge on any atom is 0.151 e. The first kappa shape index (κ1) is 16.2. The van der Waals surface area contributed by atoms with Crippen LogP contribution in [0.5, 0.6) is 0 Å². The van der Waals surface area contributed by atoms with Gasteiger partial charge in [0.1, 0.15) is 11.3 Å². The van der Waals surface area contributed by atoms with Crippen LogP contribution in [-0.4, -0.2) is 34.1 Å². The molecule has 0 aliphatic rings. The molecular weight excluding hydrogens is 289 g/mol. The molecule has 0 aliphatic carbocycles. The highest BCUT2D eigenvalue weighted by Gasteiger charge is 2.17. The van der Waals surface area contributed by atoms with E-state index in [2.05, 4.69) is 30.8 Å². The van der Waals surface area contributed by atoms with Crippen molar-refractivity contribution in [2.75, 3.05) is 13.6 Å². The summed E-state index contributed by atoms with van der Waals surface area (Å²) in [5.41, 5.74) is 1.22. The fraction of sp³-hybridized carbons (Fsp3) is 0.562. The summed E-state index contributed by atoms with van der Waals surface area (Å²) in [6.45, 7) is 7.89. The summed E-state index contributed by atoms with van der Waals surface area (Å²) in [6.07, 6.45) is 1.11. The van der Waals surface area contributed by atoms with E-state index in [0.717, 1.165) is 30.9 Å². The first-order valence-corrected chi connectivity index (χ1v) is 7.88. The van der Waals surface area contributed by atoms with Gasteiger partial charge >= 0.3 is 0 Å². The zero-order valence-electron chi connectivity index (χ0n) is 13.1. The maximum absolute atomic E-state index is 13.9. The van der Waals surface area contributed by atoms with Crippen LogP contribution in [0.3, 0.4) is 0 Å². The van der Waals surface area contributed by atoms with E-state index < -0.39 is 0 Å². The molecule has 0 aliphatic heterocycles. The molecule has 2 unspecified atom stereocenters. The number of fused-ring (bicyclic) bond motifs is 1. The minimum absolute atomic E-state index is 0.245. The zero-order valence-corrected chi connectivity index (χ0v) is 13.9. The largest absolute Gasteiger partial charge is 0.325 e. The molecule has 1 heterocycles. The van der Waals surface area contributed by atoms with Crippen molar-refractivity contribution < 1.29 is 4.39 Å². The quantitative estimate of drug-likeness (QED) is 0.745. The second-order valence-corrected chi connectivity index (χ2v) is 6.24. The van der Waals surface area contributed by atoms with Crippen LogP contribution in [0.2, 0.25) is 0 Å². The summed E-state index contributed by atoms with van der Waals surface area (Å²) in [4.78, 5) is 6.69. The van der Waals surface area contributed by atoms with Gasteiger partial charge in [-0.3, -0.25) is 0 Å². The van der Waals surface area contributed by atoms with Crippen LogP contribution in [0, 0.1) is 5.82 Å². The summed E-state index contributed by atoms with van der Waals surface area (Å²) in [5.74, 6) is 0.439. The first-order chi connectivity index (χ1) is 9.95. The van der Waals surface area contributed by atoms with Crippen molar-refractivity contribution in [1.29, 1.82) is 0 Å². The summed E-state index contributed by atoms with van der Waals surface area (Å²) in [6, 6.07) is 5.58. The Balaban J connectivity index is 2.33. The van der Waals surface area contributed by atoms with Crippen molar-refractivity contribution in [3.8, 4) is 0 Å². The molecule has 2 aromatic rings. The SMILES string of the molecule is CCC(C)N(C)CCn1c(C(C)Cl)nc2c(F)cccc21. The van der Waals surface area contributed by atoms with Gasteiger partial charge in [-0.25, -0.2) is 9.37 Å². The number of para-hydroxylation sites is 1. The normalized spacial score (nSPS) is 14.8. The van der Waals surface area contributed by atoms with E-state index in [0.29, 0.717) is 11.6 Å². The molecule has 21 heavy (non-hydrogen) atoms. The standard InChI is InChI=1S/C16H23ClFN3/c1-5-11(2)20(4)9-10-21-14-8-6-7-13(18)15(14)19-16(21)12(3)17/h6-8,11-12H,5,9-10H2,1-4H3. The molecule has 0 saturated heterocycles. The van der Waals surface area contributed by atoms with Crippen molar-refractivity contribution in [1.82, 2.24) is 14.5 Å². The van der Waals surface area contributed by atoms with E-state index in [1.54, 1.807) is 6.07 Å². The van der Waals surface area contributed by atoms with E-state index >= 15 is 0 Å². The molecule has 0 bridgehead atoms. The fourth-order valence-electron chi connectivity index (χ4n) is 2.46. The van der Waals surface area contributed by atoms with Gasteiger partial charge in [0.2, 0.25) is 0 Å². The third kappa shape index (κ3) is 3.38. The number of imidazole rings is 1. The third-order valence-electron chi connectivity index (χ3n) is 4.13. The van der Waals surface area contributed by atoms with Gasteiger partial charge in [0.05, 0.1) is 10.9 Å². The highest BCUT2D eigenvalue weighted by atomic mass is 35.5. The van der Waals surface area contributed by atoms with Crippen LogP contribution in [0.15, 0.2) is 18.2 Å². The number of halogens is 2. The lowest BCUT2D eigenvalue weighted by molar-refractivity contribution is 0.242. The average molecular weight is 312 g/mol. The van der Waals surface area contributed by atoms with Gasteiger partial charge in [0, 0.05) is 19.1 Å². The number of alkyl halides is 1. The fourth-order valence-corrected chi connectivity index (χ4v) is 2.63. The van der Waals surface area contributed by atoms with Gasteiger partial charge in [0.15, 0.2) is 5.82 Å². The third-order valence-corrected chi connectivity index (χ3v) is 4.33. The molecule has 0 saturated carbocycles. The van der Waals surface area contributed by atoms with Gasteiger partial charge in [-0.2, -0.15) is 0 Å². The topological polar surface area (TPSA) is 21.1 Å². The molecule has 0 amide bonds. The monoisotopic (exact) mass is 311 g/mol. The van der Waals surface area contributed by atoms with Gasteiger partial charge in [0.25, 0.3) is 0 Å². The zero-order chi connectivity index (χ0) is 15.6. The lowest BCUT2D eigenvalue weighted by atomic mass is 10.2. The van der Waals surface area contributed by atoms with Crippen molar-refractivity contribution in [2.45, 2.75) is 45.2 Å². The summed E-state index contributed by atoms with van der Waals surface area (Å²) in [7, 11) is 2.11. The molecule has 2 rings (SSSR count). The van der Waals surface area contributed by atoms with Gasteiger partial charge in [-0.05, 0) is 39.4 Å². The van der Waals surface area contributed by atoms with E-state index in [-0.39, 0.29) is 11.2 Å². The summed E-state index contributed by atoms with van der Waals surface area (Å²) in [5, 5.41) is -0.245. The van der Waals surface area contributed by atoms with Crippen molar-refractivity contribution in [3.63, 3.8) is 0 Å². The van der Waals surface area contributed by atoms with Crippen LogP contribution < -0.4 is 0 Å². The second-order valence-electron chi connectivity index (χ2n) is 5.58. The second kappa shape index (κ2) is 6.75. The van der Waals surface area contributed by atoms with E-state index in [1.807, 2.05) is 17.6 Å². The maximum atomic E-state index is 13.9. The lowest BCUT2D eigenvalue weighted by Crippen LogP contribution is -2.31. The number of aromatic nitrogens is 2. The van der Waals surface area contributed by atoms with Gasteiger partial charge in [-0.1, -0.05) is 13.0 Å². The molecule has 5 heteroatoms. The Morgan fingerprint density at radius 2 is 2.10 bits per heavy atom. The Morgan fingerprint density at radius 3 is 2.71 bits per heavy atom. The van der Waals surface area contributed by atoms with E-state index in [9.17, 15) is 4.39 Å². The average Bonchev–Trinajstić information content (AvgIpc) is 2.84. The number of nitrogens with zero attached hydrogens (tertiary/aromatic N) is 3. The molecule has 0 spiro atoms. The molecule has 116 valence electrons. The molecule has 1 aromatic heterocycles. The van der Waals surface area contributed by atoms with Crippen molar-refractivity contribution >= 4 is 22.6 Å². The molecule has 0 fully saturated rings. The predicted molar refractivity (Wildman–Crippen MR) is 86.3 cm³/mol. The molecule has 0 N–H and O–H groups in total. The molecule has 0 radical (unpaired) electrons. The minimum Gasteiger partial charge on any atom is -0.325 e. The predicted octanol–water partition coefficient (Wildman–Crippen LogP) is 4.21. The van der Waals surface area contributed by atoms with E-state index in [4.69, 9.17) is 11.6 Å². The van der Waals surface area contributed by atoms with E-state index in [1.165, 1.54) is 6.07 Å². The molecule has 2 atom stereocenters. The highest BCUT2D eigenvalue weighted by molar-refractivity contribution is 6.20. The van der Waals surface area contributed by atoms with Crippen LogP contribution in [-0.2, 0) is 6.54 Å². The van der Waals surface area contributed by atoms with Crippen molar-refractivity contribution in [2.24, 2.45) is 0 Å². The summed E-state index contributed by atoms with van der Waals surface area (Å²) < 4.78 is 15.9. The Labute approximate surface area is 130 Å². The lowest BCUT2D eigenvalue weighted by Gasteiger charge is -2.24. The molecular formula is C16H23ClFN3. The van der Waals surface area contributed by atoms with Crippen molar-refractivity contribution in [3.05, 3.63) is 29.8 Å². The Bertz CT molecular complexity index is 609. The van der Waals surface area contributed by atoms with Crippen LogP contribution in [0.25, 0.3) is 11.0 Å². The Kier molecular flexibility index (Phi) is 5.22. The van der Waals surface area contributed by atoms with Crippen LogP contribution in [0.1, 0.15) is 38.4 Å². The van der Waals surface area contributed by atoms with Crippen LogP contribution >= 0.6 is 11.6 Å². The number of benzene rings is 1. The first-order valence-electron chi connectivity index (χ1n) is 7.44. The number of hydrogen-bond donors (Lipinski definition) is 0. The molecule has 1 aromatic carbocycles. The number of likely N-dealkylation sites (N-methyl/N-ethyl adjacent to an activating group) is 1. The van der Waals surface area contributed by atoms with Gasteiger partial charge in [-0.15, -0.1) is 11.6 Å². The minimum atomic E-state index is -0.292. The summed E-state index contributed by atoms with van der Waals surface area (Å²) >= 11 is 6.22. The van der Waals surface area contributed by atoms with Crippen LogP contribution in [0.4, 0.5) is 4.39 Å². The van der Waals surface area contributed by atoms with Gasteiger partial charge < -0.3 is 9.47 Å². The Hall–Kier alpha value is -1.13. The highest BCUT2D eigenvalue weighted by Crippen LogP contribution is 2.26. The Morgan fingerprint density at radius 1 is 1.38 bits per heavy atom. The number of rotatable bonds is 6. The number of hydrogen-bond acceptors (Lipinski definition) is 2.